The molecule has 1 atom stereocenters. The predicted octanol–water partition coefficient (Wildman–Crippen LogP) is 3.83. The second kappa shape index (κ2) is 5.94. The number of nitrogens with two attached hydrogens (primary N) is 1. The summed E-state index contributed by atoms with van der Waals surface area (Å²) in [5.74, 6) is 0.828. The first-order chi connectivity index (χ1) is 10.2. The summed E-state index contributed by atoms with van der Waals surface area (Å²) in [5, 5.41) is 1.14. The minimum atomic E-state index is 0.0428. The maximum Gasteiger partial charge on any atom is 0.130 e. The minimum Gasteiger partial charge on any atom is -0.487 e. The van der Waals surface area contributed by atoms with Crippen LogP contribution in [0.2, 0.25) is 0 Å². The molecule has 3 aromatic rings. The molecule has 0 fully saturated rings. The van der Waals surface area contributed by atoms with Crippen molar-refractivity contribution >= 4 is 10.9 Å². The van der Waals surface area contributed by atoms with Gasteiger partial charge in [0.15, 0.2) is 0 Å². The number of nitrogens with zero attached hydrogens (tertiary/aromatic N) is 1. The van der Waals surface area contributed by atoms with Crippen molar-refractivity contribution in [2.24, 2.45) is 5.73 Å². The Labute approximate surface area is 124 Å². The number of aromatic nitrogens is 1. The maximum atomic E-state index is 5.83. The van der Waals surface area contributed by atoms with Crippen LogP contribution >= 0.6 is 0 Å². The molecule has 0 unspecified atom stereocenters. The summed E-state index contributed by atoms with van der Waals surface area (Å²) in [6.45, 7) is 2.43. The van der Waals surface area contributed by atoms with Gasteiger partial charge in [-0.15, -0.1) is 0 Å². The molecule has 0 saturated heterocycles. The van der Waals surface area contributed by atoms with Gasteiger partial charge in [0.25, 0.3) is 0 Å². The second-order valence-electron chi connectivity index (χ2n) is 5.14. The van der Waals surface area contributed by atoms with Gasteiger partial charge < -0.3 is 10.5 Å². The third kappa shape index (κ3) is 3.20. The fourth-order valence-electron chi connectivity index (χ4n) is 2.21. The van der Waals surface area contributed by atoms with Crippen LogP contribution in [-0.2, 0) is 6.61 Å². The number of rotatable bonds is 4. The highest BCUT2D eigenvalue weighted by Crippen LogP contribution is 2.18. The number of hydrogen-bond donors (Lipinski definition) is 1. The smallest absolute Gasteiger partial charge is 0.130 e. The Morgan fingerprint density at radius 3 is 2.52 bits per heavy atom. The van der Waals surface area contributed by atoms with Gasteiger partial charge >= 0.3 is 0 Å². The van der Waals surface area contributed by atoms with E-state index in [0.717, 1.165) is 27.9 Å². The average Bonchev–Trinajstić information content (AvgIpc) is 2.53. The van der Waals surface area contributed by atoms with Crippen LogP contribution in [0.3, 0.4) is 0 Å². The molecule has 0 bridgehead atoms. The third-order valence-corrected chi connectivity index (χ3v) is 3.45. The Kier molecular flexibility index (Phi) is 3.84. The summed E-state index contributed by atoms with van der Waals surface area (Å²) in [5.41, 5.74) is 8.85. The zero-order chi connectivity index (χ0) is 14.7. The molecule has 3 heteroatoms. The van der Waals surface area contributed by atoms with Gasteiger partial charge in [0, 0.05) is 11.4 Å². The Hall–Kier alpha value is -2.39. The van der Waals surface area contributed by atoms with E-state index in [-0.39, 0.29) is 6.04 Å². The summed E-state index contributed by atoms with van der Waals surface area (Å²) in [4.78, 5) is 4.59. The van der Waals surface area contributed by atoms with E-state index in [2.05, 4.69) is 17.1 Å². The summed E-state index contributed by atoms with van der Waals surface area (Å²) >= 11 is 0. The van der Waals surface area contributed by atoms with Crippen LogP contribution < -0.4 is 10.5 Å². The van der Waals surface area contributed by atoms with E-state index >= 15 is 0 Å². The van der Waals surface area contributed by atoms with Gasteiger partial charge in [0.1, 0.15) is 12.4 Å². The van der Waals surface area contributed by atoms with Crippen LogP contribution in [0.15, 0.2) is 60.7 Å². The molecule has 0 aliphatic rings. The first-order valence-electron chi connectivity index (χ1n) is 7.05. The lowest BCUT2D eigenvalue weighted by Gasteiger charge is -2.09. The molecule has 2 aromatic carbocycles. The Morgan fingerprint density at radius 1 is 1.00 bits per heavy atom. The van der Waals surface area contributed by atoms with Crippen molar-refractivity contribution in [3.8, 4) is 5.75 Å². The predicted molar refractivity (Wildman–Crippen MR) is 85.1 cm³/mol. The van der Waals surface area contributed by atoms with E-state index in [9.17, 15) is 0 Å². The number of hydrogen-bond acceptors (Lipinski definition) is 3. The molecular weight excluding hydrogens is 260 g/mol. The molecule has 2 N–H and O–H groups in total. The molecule has 0 aliphatic carbocycles. The van der Waals surface area contributed by atoms with E-state index in [1.54, 1.807) is 0 Å². The van der Waals surface area contributed by atoms with Gasteiger partial charge in [0.2, 0.25) is 0 Å². The Morgan fingerprint density at radius 2 is 1.76 bits per heavy atom. The molecule has 0 aliphatic heterocycles. The highest BCUT2D eigenvalue weighted by Gasteiger charge is 2.02. The molecule has 21 heavy (non-hydrogen) atoms. The van der Waals surface area contributed by atoms with Gasteiger partial charge in [0.05, 0.1) is 11.2 Å². The lowest BCUT2D eigenvalue weighted by Crippen LogP contribution is -2.04. The number of para-hydroxylation sites is 1. The van der Waals surface area contributed by atoms with Crippen molar-refractivity contribution in [3.05, 3.63) is 71.9 Å². The normalized spacial score (nSPS) is 12.3. The summed E-state index contributed by atoms with van der Waals surface area (Å²) in [6, 6.07) is 20.1. The molecule has 3 nitrogen and oxygen atoms in total. The maximum absolute atomic E-state index is 5.83. The van der Waals surface area contributed by atoms with Crippen molar-refractivity contribution in [2.75, 3.05) is 0 Å². The highest BCUT2D eigenvalue weighted by molar-refractivity contribution is 5.78. The number of benzene rings is 2. The zero-order valence-corrected chi connectivity index (χ0v) is 12.0. The van der Waals surface area contributed by atoms with Crippen LogP contribution in [0.5, 0.6) is 5.75 Å². The first-order valence-corrected chi connectivity index (χ1v) is 7.05. The third-order valence-electron chi connectivity index (χ3n) is 3.45. The SMILES string of the molecule is C[C@H](N)c1ccc(OCc2ccc3ccccc3n2)cc1. The lowest BCUT2D eigenvalue weighted by molar-refractivity contribution is 0.301. The summed E-state index contributed by atoms with van der Waals surface area (Å²) in [6.07, 6.45) is 0. The standard InChI is InChI=1S/C18H18N2O/c1-13(19)14-7-10-17(11-8-14)21-12-16-9-6-15-4-2-3-5-18(15)20-16/h2-11,13H,12,19H2,1H3/t13-/m0/s1. The van der Waals surface area contributed by atoms with Gasteiger partial charge in [-0.05, 0) is 36.8 Å². The summed E-state index contributed by atoms with van der Waals surface area (Å²) in [7, 11) is 0. The van der Waals surface area contributed by atoms with E-state index < -0.39 is 0 Å². The van der Waals surface area contributed by atoms with Gasteiger partial charge in [-0.25, -0.2) is 4.98 Å². The van der Waals surface area contributed by atoms with E-state index in [0.29, 0.717) is 6.61 Å². The fraction of sp³-hybridized carbons (Fsp3) is 0.167. The van der Waals surface area contributed by atoms with Crippen LogP contribution in [0.4, 0.5) is 0 Å². The number of fused-ring (bicyclic) bond motifs is 1. The van der Waals surface area contributed by atoms with Crippen LogP contribution in [0, 0.1) is 0 Å². The zero-order valence-electron chi connectivity index (χ0n) is 12.0. The first kappa shape index (κ1) is 13.6. The van der Waals surface area contributed by atoms with Crippen LogP contribution in [0.1, 0.15) is 24.2 Å². The second-order valence-corrected chi connectivity index (χ2v) is 5.14. The van der Waals surface area contributed by atoms with Crippen LogP contribution in [-0.4, -0.2) is 4.98 Å². The van der Waals surface area contributed by atoms with E-state index in [1.165, 1.54) is 0 Å². The molecule has 0 saturated carbocycles. The largest absolute Gasteiger partial charge is 0.487 e. The van der Waals surface area contributed by atoms with Gasteiger partial charge in [-0.1, -0.05) is 36.4 Å². The summed E-state index contributed by atoms with van der Waals surface area (Å²) < 4.78 is 5.77. The fourth-order valence-corrected chi connectivity index (χ4v) is 2.21. The van der Waals surface area contributed by atoms with Crippen molar-refractivity contribution in [3.63, 3.8) is 0 Å². The molecule has 1 heterocycles. The van der Waals surface area contributed by atoms with Crippen molar-refractivity contribution in [2.45, 2.75) is 19.6 Å². The number of ether oxygens (including phenoxy) is 1. The highest BCUT2D eigenvalue weighted by atomic mass is 16.5. The van der Waals surface area contributed by atoms with Crippen LogP contribution in [0.25, 0.3) is 10.9 Å². The number of pyridine rings is 1. The quantitative estimate of drug-likeness (QED) is 0.789. The van der Waals surface area contributed by atoms with Gasteiger partial charge in [-0.2, -0.15) is 0 Å². The van der Waals surface area contributed by atoms with Gasteiger partial charge in [-0.3, -0.25) is 0 Å². The van der Waals surface area contributed by atoms with E-state index in [4.69, 9.17) is 10.5 Å². The minimum absolute atomic E-state index is 0.0428. The topological polar surface area (TPSA) is 48.1 Å². The van der Waals surface area contributed by atoms with Crippen molar-refractivity contribution in [1.82, 2.24) is 4.98 Å². The Bertz CT molecular complexity index is 736. The average molecular weight is 278 g/mol. The monoisotopic (exact) mass is 278 g/mol. The Balaban J connectivity index is 1.71. The molecule has 3 rings (SSSR count). The molecule has 106 valence electrons. The van der Waals surface area contributed by atoms with Crippen molar-refractivity contribution < 1.29 is 4.74 Å². The molecule has 0 spiro atoms. The molecule has 1 aromatic heterocycles. The molecule has 0 radical (unpaired) electrons. The molecule has 0 amide bonds. The lowest BCUT2D eigenvalue weighted by atomic mass is 10.1. The van der Waals surface area contributed by atoms with E-state index in [1.807, 2.05) is 55.5 Å². The molecular formula is C18H18N2O. The van der Waals surface area contributed by atoms with Crippen molar-refractivity contribution in [1.29, 1.82) is 0 Å².